The summed E-state index contributed by atoms with van der Waals surface area (Å²) in [7, 11) is 0. The highest BCUT2D eigenvalue weighted by Crippen LogP contribution is 2.42. The molecule has 10 heteroatoms. The summed E-state index contributed by atoms with van der Waals surface area (Å²) in [5.41, 5.74) is 7.39. The van der Waals surface area contributed by atoms with Gasteiger partial charge in [0.1, 0.15) is 5.69 Å². The number of imidazole rings is 1. The van der Waals surface area contributed by atoms with Gasteiger partial charge in [-0.3, -0.25) is 19.7 Å². The number of H-pyrrole nitrogens is 2. The molecular formula is C15H15BrN6O3. The van der Waals surface area contributed by atoms with Gasteiger partial charge in [-0.1, -0.05) is 0 Å². The van der Waals surface area contributed by atoms with E-state index in [2.05, 4.69) is 41.5 Å². The fourth-order valence-electron chi connectivity index (χ4n) is 3.64. The molecular weight excluding hydrogens is 392 g/mol. The molecule has 0 aromatic carbocycles. The van der Waals surface area contributed by atoms with Crippen molar-refractivity contribution >= 4 is 39.6 Å². The third kappa shape index (κ3) is 2.62. The van der Waals surface area contributed by atoms with Crippen molar-refractivity contribution in [3.63, 3.8) is 0 Å². The number of imide groups is 1. The second kappa shape index (κ2) is 5.73. The lowest BCUT2D eigenvalue weighted by atomic mass is 9.73. The summed E-state index contributed by atoms with van der Waals surface area (Å²) in [6, 6.07) is 1.67. The lowest BCUT2D eigenvalue weighted by Crippen LogP contribution is -2.40. The van der Waals surface area contributed by atoms with Crippen molar-refractivity contribution in [2.24, 2.45) is 11.8 Å². The number of nitrogens with one attached hydrogen (secondary N) is 4. The Morgan fingerprint density at radius 3 is 2.92 bits per heavy atom. The largest absolute Gasteiger partial charge is 0.369 e. The lowest BCUT2D eigenvalue weighted by molar-refractivity contribution is -0.126. The van der Waals surface area contributed by atoms with Crippen molar-refractivity contribution in [2.45, 2.75) is 12.3 Å². The number of nitrogens with zero attached hydrogens (tertiary/aromatic N) is 1. The van der Waals surface area contributed by atoms with E-state index >= 15 is 0 Å². The first-order chi connectivity index (χ1) is 11.9. The van der Waals surface area contributed by atoms with Crippen LogP contribution < -0.4 is 16.4 Å². The average molecular weight is 407 g/mol. The van der Waals surface area contributed by atoms with Crippen LogP contribution in [-0.4, -0.2) is 39.2 Å². The van der Waals surface area contributed by atoms with Gasteiger partial charge >= 0.3 is 0 Å². The smallest absolute Gasteiger partial charge is 0.267 e. The van der Waals surface area contributed by atoms with E-state index in [0.29, 0.717) is 17.8 Å². The number of aromatic amines is 2. The van der Waals surface area contributed by atoms with Crippen LogP contribution in [0, 0.1) is 11.8 Å². The number of hydrogen-bond acceptors (Lipinski definition) is 5. The molecule has 9 nitrogen and oxygen atoms in total. The van der Waals surface area contributed by atoms with Gasteiger partial charge in [-0.05, 0) is 34.3 Å². The molecule has 4 rings (SSSR count). The maximum Gasteiger partial charge on any atom is 0.267 e. The van der Waals surface area contributed by atoms with Crippen LogP contribution in [0.3, 0.4) is 0 Å². The Kier molecular flexibility index (Phi) is 3.64. The molecule has 1 aliphatic carbocycles. The Morgan fingerprint density at radius 2 is 2.20 bits per heavy atom. The zero-order valence-corrected chi connectivity index (χ0v) is 14.5. The van der Waals surface area contributed by atoms with E-state index in [4.69, 9.17) is 5.73 Å². The molecule has 3 amide bonds. The third-order valence-electron chi connectivity index (χ3n) is 4.71. The van der Waals surface area contributed by atoms with Gasteiger partial charge in [-0.25, -0.2) is 4.98 Å². The summed E-state index contributed by atoms with van der Waals surface area (Å²) in [6.45, 7) is 0.260. The Labute approximate surface area is 150 Å². The number of anilines is 1. The van der Waals surface area contributed by atoms with Gasteiger partial charge in [0.2, 0.25) is 11.8 Å². The molecule has 2 aromatic heterocycles. The van der Waals surface area contributed by atoms with Crippen molar-refractivity contribution < 1.29 is 14.4 Å². The summed E-state index contributed by atoms with van der Waals surface area (Å²) < 4.78 is 0.772. The average Bonchev–Trinajstić information content (AvgIpc) is 3.22. The molecule has 0 radical (unpaired) electrons. The van der Waals surface area contributed by atoms with Gasteiger partial charge in [0.05, 0.1) is 17.5 Å². The standard InChI is InChI=1S/C15H15BrN6O3/c16-6-2-8(18-4-6)12(23)19-3-5-1-7-11(21-15(17)20-7)10-9(5)13(24)22-14(10)25/h2,4-5,9-10,18H,1,3H2,(H,19,23)(H3,17,20,21)(H,22,24,25). The van der Waals surface area contributed by atoms with Crippen LogP contribution in [0.25, 0.3) is 0 Å². The van der Waals surface area contributed by atoms with Crippen LogP contribution in [-0.2, 0) is 16.0 Å². The van der Waals surface area contributed by atoms with Gasteiger partial charge in [0.15, 0.2) is 5.95 Å². The topological polar surface area (TPSA) is 146 Å². The Bertz CT molecular complexity index is 888. The monoisotopic (exact) mass is 406 g/mol. The Hall–Kier alpha value is -2.62. The van der Waals surface area contributed by atoms with Gasteiger partial charge in [-0.15, -0.1) is 0 Å². The predicted molar refractivity (Wildman–Crippen MR) is 90.4 cm³/mol. The van der Waals surface area contributed by atoms with E-state index in [1.165, 1.54) is 0 Å². The van der Waals surface area contributed by atoms with Crippen molar-refractivity contribution in [3.8, 4) is 0 Å². The van der Waals surface area contributed by atoms with Crippen LogP contribution in [0.4, 0.5) is 5.95 Å². The Morgan fingerprint density at radius 1 is 1.40 bits per heavy atom. The highest BCUT2D eigenvalue weighted by molar-refractivity contribution is 9.10. The minimum absolute atomic E-state index is 0.219. The van der Waals surface area contributed by atoms with Crippen molar-refractivity contribution in [1.29, 1.82) is 0 Å². The van der Waals surface area contributed by atoms with E-state index < -0.39 is 11.8 Å². The molecule has 3 unspecified atom stereocenters. The van der Waals surface area contributed by atoms with Gasteiger partial charge < -0.3 is 21.0 Å². The molecule has 1 saturated heterocycles. The zero-order chi connectivity index (χ0) is 17.7. The quantitative estimate of drug-likeness (QED) is 0.456. The third-order valence-corrected chi connectivity index (χ3v) is 5.16. The van der Waals surface area contributed by atoms with Crippen LogP contribution in [0.2, 0.25) is 0 Å². The summed E-state index contributed by atoms with van der Waals surface area (Å²) in [4.78, 5) is 46.6. The van der Waals surface area contributed by atoms with Crippen LogP contribution in [0.1, 0.15) is 27.8 Å². The first-order valence-corrected chi connectivity index (χ1v) is 8.54. The number of fused-ring (bicyclic) bond motifs is 3. The van der Waals surface area contributed by atoms with E-state index in [-0.39, 0.29) is 36.1 Å². The molecule has 25 heavy (non-hydrogen) atoms. The second-order valence-corrected chi connectivity index (χ2v) is 7.16. The summed E-state index contributed by atoms with van der Waals surface area (Å²) in [5.74, 6) is -2.20. The number of nitrogen functional groups attached to an aromatic ring is 1. The predicted octanol–water partition coefficient (Wildman–Crippen LogP) is 0.0410. The molecule has 1 aliphatic heterocycles. The lowest BCUT2D eigenvalue weighted by Gasteiger charge is -2.29. The van der Waals surface area contributed by atoms with Crippen molar-refractivity contribution in [2.75, 3.05) is 12.3 Å². The number of nitrogens with two attached hydrogens (primary N) is 1. The summed E-state index contributed by atoms with van der Waals surface area (Å²) in [5, 5.41) is 5.18. The number of amides is 3. The van der Waals surface area contributed by atoms with E-state index in [1.807, 2.05) is 0 Å². The highest BCUT2D eigenvalue weighted by atomic mass is 79.9. The summed E-state index contributed by atoms with van der Waals surface area (Å²) in [6.07, 6.45) is 2.14. The second-order valence-electron chi connectivity index (χ2n) is 6.25. The molecule has 3 heterocycles. The molecule has 0 bridgehead atoms. The number of carbonyl (C=O) groups excluding carboxylic acids is 3. The first kappa shape index (κ1) is 15.9. The molecule has 3 atom stereocenters. The fourth-order valence-corrected chi connectivity index (χ4v) is 3.98. The van der Waals surface area contributed by atoms with E-state index in [9.17, 15) is 14.4 Å². The van der Waals surface area contributed by atoms with Crippen LogP contribution >= 0.6 is 15.9 Å². The van der Waals surface area contributed by atoms with Gasteiger partial charge in [0.25, 0.3) is 5.91 Å². The minimum atomic E-state index is -0.661. The molecule has 2 aromatic rings. The van der Waals surface area contributed by atoms with E-state index in [1.54, 1.807) is 12.3 Å². The maximum absolute atomic E-state index is 12.2. The van der Waals surface area contributed by atoms with E-state index in [0.717, 1.165) is 10.2 Å². The molecule has 1 fully saturated rings. The zero-order valence-electron chi connectivity index (χ0n) is 12.9. The van der Waals surface area contributed by atoms with Crippen LogP contribution in [0.5, 0.6) is 0 Å². The number of hydrogen-bond donors (Lipinski definition) is 5. The maximum atomic E-state index is 12.2. The van der Waals surface area contributed by atoms with Crippen molar-refractivity contribution in [1.82, 2.24) is 25.6 Å². The molecule has 0 spiro atoms. The van der Waals surface area contributed by atoms with Gasteiger partial charge in [0, 0.05) is 22.9 Å². The first-order valence-electron chi connectivity index (χ1n) is 7.75. The molecule has 2 aliphatic rings. The SMILES string of the molecule is Nc1nc2c([nH]1)CC(CNC(=O)c1cc(Br)c[nH]1)C1C(=O)NC(=O)C21. The Balaban J connectivity index is 1.56. The van der Waals surface area contributed by atoms with Crippen LogP contribution in [0.15, 0.2) is 16.7 Å². The number of halogens is 1. The normalized spacial score (nSPS) is 24.6. The molecule has 6 N–H and O–H groups in total. The number of aromatic nitrogens is 3. The van der Waals surface area contributed by atoms with Crippen molar-refractivity contribution in [3.05, 3.63) is 33.8 Å². The minimum Gasteiger partial charge on any atom is -0.369 e. The highest BCUT2D eigenvalue weighted by Gasteiger charge is 2.51. The molecule has 130 valence electrons. The van der Waals surface area contributed by atoms with Gasteiger partial charge in [-0.2, -0.15) is 0 Å². The number of carbonyl (C=O) groups is 3. The number of rotatable bonds is 3. The fraction of sp³-hybridized carbons (Fsp3) is 0.333. The molecule has 0 saturated carbocycles. The summed E-state index contributed by atoms with van der Waals surface area (Å²) >= 11 is 3.28.